The number of carbonyl (C=O) groups excluding carboxylic acids is 1. The molecule has 2 aliphatic heterocycles. The van der Waals surface area contributed by atoms with Gasteiger partial charge in [0, 0.05) is 29.3 Å². The standard InChI is InChI=1S/C21H20N2O3/c24-21(23-18-11-16-4-5-17(18)22-16)20-7-6-19(26-20)14-3-1-2-13(10-14)15-8-9-25-12-15/h1-3,6-10,12,16-18,22H,4-5,11H2,(H,23,24). The van der Waals surface area contributed by atoms with E-state index in [9.17, 15) is 4.79 Å². The molecule has 2 fully saturated rings. The fourth-order valence-corrected chi connectivity index (χ4v) is 4.12. The topological polar surface area (TPSA) is 67.4 Å². The molecule has 132 valence electrons. The zero-order chi connectivity index (χ0) is 17.5. The Kier molecular flexibility index (Phi) is 3.68. The van der Waals surface area contributed by atoms with E-state index in [1.807, 2.05) is 36.4 Å². The third-order valence-electron chi connectivity index (χ3n) is 5.45. The second-order valence-electron chi connectivity index (χ2n) is 7.12. The van der Waals surface area contributed by atoms with Gasteiger partial charge in [0.15, 0.2) is 5.76 Å². The van der Waals surface area contributed by atoms with Crippen molar-refractivity contribution in [3.05, 3.63) is 60.8 Å². The third kappa shape index (κ3) is 2.74. The summed E-state index contributed by atoms with van der Waals surface area (Å²) >= 11 is 0. The molecule has 2 N–H and O–H groups in total. The van der Waals surface area contributed by atoms with E-state index in [2.05, 4.69) is 10.6 Å². The summed E-state index contributed by atoms with van der Waals surface area (Å²) in [5.74, 6) is 0.907. The molecule has 0 radical (unpaired) electrons. The van der Waals surface area contributed by atoms with Gasteiger partial charge in [-0.05, 0) is 49.1 Å². The fraction of sp³-hybridized carbons (Fsp3) is 0.286. The van der Waals surface area contributed by atoms with Crippen molar-refractivity contribution in [2.45, 2.75) is 37.4 Å². The van der Waals surface area contributed by atoms with Crippen LogP contribution in [0.15, 0.2) is 63.8 Å². The maximum Gasteiger partial charge on any atom is 0.287 e. The molecular formula is C21H20N2O3. The summed E-state index contributed by atoms with van der Waals surface area (Å²) in [7, 11) is 0. The fourth-order valence-electron chi connectivity index (χ4n) is 4.12. The number of hydrogen-bond donors (Lipinski definition) is 2. The Morgan fingerprint density at radius 1 is 1.08 bits per heavy atom. The Morgan fingerprint density at radius 2 is 2.00 bits per heavy atom. The lowest BCUT2D eigenvalue weighted by molar-refractivity contribution is 0.0903. The van der Waals surface area contributed by atoms with Crippen LogP contribution in [0.1, 0.15) is 29.8 Å². The molecule has 5 rings (SSSR count). The van der Waals surface area contributed by atoms with Gasteiger partial charge in [0.05, 0.1) is 12.5 Å². The van der Waals surface area contributed by atoms with Crippen LogP contribution in [0.4, 0.5) is 0 Å². The maximum atomic E-state index is 12.5. The molecule has 3 unspecified atom stereocenters. The van der Waals surface area contributed by atoms with E-state index in [4.69, 9.17) is 8.83 Å². The predicted octanol–water partition coefficient (Wildman–Crippen LogP) is 3.83. The van der Waals surface area contributed by atoms with Gasteiger partial charge in [-0.1, -0.05) is 18.2 Å². The molecule has 1 aromatic carbocycles. The van der Waals surface area contributed by atoms with Crippen molar-refractivity contribution < 1.29 is 13.6 Å². The molecule has 3 atom stereocenters. The van der Waals surface area contributed by atoms with Crippen LogP contribution in [0, 0.1) is 0 Å². The van der Waals surface area contributed by atoms with Crippen LogP contribution in [0.3, 0.4) is 0 Å². The molecule has 4 heterocycles. The number of carbonyl (C=O) groups is 1. The van der Waals surface area contributed by atoms with E-state index in [0.717, 1.165) is 29.5 Å². The van der Waals surface area contributed by atoms with Crippen molar-refractivity contribution in [2.24, 2.45) is 0 Å². The first-order valence-corrected chi connectivity index (χ1v) is 9.06. The second kappa shape index (κ2) is 6.18. The monoisotopic (exact) mass is 348 g/mol. The SMILES string of the molecule is O=C(NC1CC2CCC1N2)c1ccc(-c2cccc(-c3ccoc3)c2)o1. The summed E-state index contributed by atoms with van der Waals surface area (Å²) in [6.07, 6.45) is 6.73. The van der Waals surface area contributed by atoms with Crippen LogP contribution >= 0.6 is 0 Å². The van der Waals surface area contributed by atoms with Crippen LogP contribution in [-0.2, 0) is 0 Å². The van der Waals surface area contributed by atoms with E-state index >= 15 is 0 Å². The van der Waals surface area contributed by atoms with Crippen LogP contribution < -0.4 is 10.6 Å². The van der Waals surface area contributed by atoms with Crippen LogP contribution in [-0.4, -0.2) is 24.0 Å². The van der Waals surface area contributed by atoms with Crippen molar-refractivity contribution in [3.8, 4) is 22.5 Å². The summed E-state index contributed by atoms with van der Waals surface area (Å²) < 4.78 is 11.0. The van der Waals surface area contributed by atoms with Crippen molar-refractivity contribution >= 4 is 5.91 Å². The van der Waals surface area contributed by atoms with Crippen LogP contribution in [0.2, 0.25) is 0 Å². The maximum absolute atomic E-state index is 12.5. The Bertz CT molecular complexity index is 928. The van der Waals surface area contributed by atoms with Gasteiger partial charge in [0.2, 0.25) is 0 Å². The average molecular weight is 348 g/mol. The van der Waals surface area contributed by atoms with E-state index in [0.29, 0.717) is 23.6 Å². The van der Waals surface area contributed by atoms with Gasteiger partial charge in [-0.15, -0.1) is 0 Å². The molecule has 5 nitrogen and oxygen atoms in total. The first-order chi connectivity index (χ1) is 12.8. The van der Waals surface area contributed by atoms with Gasteiger partial charge in [-0.2, -0.15) is 0 Å². The van der Waals surface area contributed by atoms with Gasteiger partial charge in [-0.3, -0.25) is 4.79 Å². The highest BCUT2D eigenvalue weighted by molar-refractivity contribution is 5.92. The summed E-state index contributed by atoms with van der Waals surface area (Å²) in [5, 5.41) is 6.65. The van der Waals surface area contributed by atoms with Gasteiger partial charge >= 0.3 is 0 Å². The minimum atomic E-state index is -0.137. The van der Waals surface area contributed by atoms with Crippen LogP contribution in [0.5, 0.6) is 0 Å². The van der Waals surface area contributed by atoms with Crippen LogP contribution in [0.25, 0.3) is 22.5 Å². The first-order valence-electron chi connectivity index (χ1n) is 9.06. The molecule has 1 amide bonds. The Labute approximate surface area is 151 Å². The van der Waals surface area contributed by atoms with Crippen molar-refractivity contribution in [1.29, 1.82) is 0 Å². The van der Waals surface area contributed by atoms with E-state index in [-0.39, 0.29) is 11.9 Å². The number of benzene rings is 1. The van der Waals surface area contributed by atoms with Gasteiger partial charge in [0.1, 0.15) is 5.76 Å². The Balaban J connectivity index is 1.34. The molecule has 0 aliphatic carbocycles. The summed E-state index contributed by atoms with van der Waals surface area (Å²) in [6, 6.07) is 14.7. The molecule has 3 aromatic rings. The normalized spacial score (nSPS) is 24.1. The Hall–Kier alpha value is -2.79. The smallest absolute Gasteiger partial charge is 0.287 e. The number of amides is 1. The predicted molar refractivity (Wildman–Crippen MR) is 97.7 cm³/mol. The molecule has 26 heavy (non-hydrogen) atoms. The van der Waals surface area contributed by atoms with Crippen molar-refractivity contribution in [2.75, 3.05) is 0 Å². The zero-order valence-corrected chi connectivity index (χ0v) is 14.3. The third-order valence-corrected chi connectivity index (χ3v) is 5.45. The lowest BCUT2D eigenvalue weighted by atomic mass is 9.95. The molecule has 2 aromatic heterocycles. The minimum Gasteiger partial charge on any atom is -0.472 e. The molecular weight excluding hydrogens is 328 g/mol. The van der Waals surface area contributed by atoms with Gasteiger partial charge in [-0.25, -0.2) is 0 Å². The van der Waals surface area contributed by atoms with Gasteiger partial charge in [0.25, 0.3) is 5.91 Å². The number of nitrogens with one attached hydrogen (secondary N) is 2. The van der Waals surface area contributed by atoms with Crippen molar-refractivity contribution in [3.63, 3.8) is 0 Å². The highest BCUT2D eigenvalue weighted by Gasteiger charge is 2.39. The van der Waals surface area contributed by atoms with Crippen molar-refractivity contribution in [1.82, 2.24) is 10.6 Å². The van der Waals surface area contributed by atoms with E-state index in [1.54, 1.807) is 18.6 Å². The highest BCUT2D eigenvalue weighted by Crippen LogP contribution is 2.30. The molecule has 0 spiro atoms. The number of fused-ring (bicyclic) bond motifs is 2. The Morgan fingerprint density at radius 3 is 2.77 bits per heavy atom. The molecule has 2 aliphatic rings. The molecule has 5 heteroatoms. The number of rotatable bonds is 4. The summed E-state index contributed by atoms with van der Waals surface area (Å²) in [4.78, 5) is 12.5. The van der Waals surface area contributed by atoms with E-state index < -0.39 is 0 Å². The number of hydrogen-bond acceptors (Lipinski definition) is 4. The zero-order valence-electron chi connectivity index (χ0n) is 14.3. The number of furan rings is 2. The molecule has 0 saturated carbocycles. The highest BCUT2D eigenvalue weighted by atomic mass is 16.4. The average Bonchev–Trinajstić information content (AvgIpc) is 3.46. The lowest BCUT2D eigenvalue weighted by Crippen LogP contribution is -2.42. The molecule has 2 bridgehead atoms. The van der Waals surface area contributed by atoms with E-state index in [1.165, 1.54) is 6.42 Å². The molecule has 2 saturated heterocycles. The largest absolute Gasteiger partial charge is 0.472 e. The lowest BCUT2D eigenvalue weighted by Gasteiger charge is -2.20. The van der Waals surface area contributed by atoms with Gasteiger partial charge < -0.3 is 19.5 Å². The quantitative estimate of drug-likeness (QED) is 0.752. The summed E-state index contributed by atoms with van der Waals surface area (Å²) in [6.45, 7) is 0. The minimum absolute atomic E-state index is 0.137. The second-order valence-corrected chi connectivity index (χ2v) is 7.12. The first kappa shape index (κ1) is 15.5. The summed E-state index contributed by atoms with van der Waals surface area (Å²) in [5.41, 5.74) is 3.00.